The Bertz CT molecular complexity index is 344. The summed E-state index contributed by atoms with van der Waals surface area (Å²) in [5.74, 6) is 0.776. The van der Waals surface area contributed by atoms with E-state index >= 15 is 0 Å². The largest absolute Gasteiger partial charge is 0.369 e. The van der Waals surface area contributed by atoms with Gasteiger partial charge in [-0.1, -0.05) is 0 Å². The Morgan fingerprint density at radius 1 is 1.55 bits per heavy atom. The van der Waals surface area contributed by atoms with Crippen LogP contribution in [-0.4, -0.2) is 16.0 Å². The Labute approximate surface area is 62.1 Å². The summed E-state index contributed by atoms with van der Waals surface area (Å²) >= 11 is 0. The van der Waals surface area contributed by atoms with Gasteiger partial charge in [0.25, 0.3) is 0 Å². The first-order valence-corrected chi connectivity index (χ1v) is 3.04. The van der Waals surface area contributed by atoms with E-state index in [1.165, 1.54) is 0 Å². The number of rotatable bonds is 0. The van der Waals surface area contributed by atoms with Gasteiger partial charge in [0.15, 0.2) is 17.9 Å². The lowest BCUT2D eigenvalue weighted by Gasteiger charge is -2.03. The molecule has 0 saturated heterocycles. The van der Waals surface area contributed by atoms with Crippen LogP contribution in [0.4, 0.5) is 11.8 Å². The summed E-state index contributed by atoms with van der Waals surface area (Å²) in [6.45, 7) is 0. The molecule has 11 heavy (non-hydrogen) atoms. The average Bonchev–Trinajstić information content (AvgIpc) is 2.31. The summed E-state index contributed by atoms with van der Waals surface area (Å²) < 4.78 is 0. The Morgan fingerprint density at radius 2 is 2.36 bits per heavy atom. The predicted molar refractivity (Wildman–Crippen MR) is 39.5 cm³/mol. The van der Waals surface area contributed by atoms with Gasteiger partial charge in [-0.15, -0.1) is 0 Å². The van der Waals surface area contributed by atoms with Crippen LogP contribution < -0.4 is 11.5 Å². The third kappa shape index (κ3) is 0.813. The molecule has 0 amide bonds. The van der Waals surface area contributed by atoms with E-state index in [1.54, 1.807) is 0 Å². The van der Waals surface area contributed by atoms with E-state index in [4.69, 9.17) is 11.5 Å². The van der Waals surface area contributed by atoms with Crippen LogP contribution in [0.15, 0.2) is 9.98 Å². The SMILES string of the molecule is Nc1nc2c([nH]1)C(N)N=C=N2. The highest BCUT2D eigenvalue weighted by Crippen LogP contribution is 2.24. The van der Waals surface area contributed by atoms with Crippen LogP contribution in [0.3, 0.4) is 0 Å². The number of imidazole rings is 1. The van der Waals surface area contributed by atoms with Crippen molar-refractivity contribution >= 4 is 17.8 Å². The summed E-state index contributed by atoms with van der Waals surface area (Å²) in [5, 5.41) is 0. The van der Waals surface area contributed by atoms with Crippen LogP contribution in [0.5, 0.6) is 0 Å². The van der Waals surface area contributed by atoms with Gasteiger partial charge in [-0.2, -0.15) is 15.0 Å². The van der Waals surface area contributed by atoms with Gasteiger partial charge in [0.05, 0.1) is 6.01 Å². The fourth-order valence-electron chi connectivity index (χ4n) is 0.891. The Kier molecular flexibility index (Phi) is 1.06. The van der Waals surface area contributed by atoms with Crippen LogP contribution in [0.1, 0.15) is 11.9 Å². The number of nitrogen functional groups attached to an aromatic ring is 1. The molecule has 0 bridgehead atoms. The van der Waals surface area contributed by atoms with Gasteiger partial charge in [0, 0.05) is 0 Å². The quantitative estimate of drug-likeness (QED) is 0.475. The number of aliphatic imine (C=N–C) groups is 2. The molecule has 1 unspecified atom stereocenters. The third-order valence-corrected chi connectivity index (χ3v) is 1.38. The molecule has 0 aliphatic carbocycles. The van der Waals surface area contributed by atoms with Crippen molar-refractivity contribution in [2.24, 2.45) is 15.7 Å². The molecule has 0 fully saturated rings. The van der Waals surface area contributed by atoms with E-state index in [9.17, 15) is 0 Å². The number of nitrogens with one attached hydrogen (secondary N) is 1. The molecule has 0 spiro atoms. The molecule has 5 N–H and O–H groups in total. The van der Waals surface area contributed by atoms with Gasteiger partial charge in [0.2, 0.25) is 0 Å². The van der Waals surface area contributed by atoms with Crippen LogP contribution in [-0.2, 0) is 0 Å². The number of fused-ring (bicyclic) bond motifs is 1. The van der Waals surface area contributed by atoms with Gasteiger partial charge in [-0.25, -0.2) is 0 Å². The lowest BCUT2D eigenvalue weighted by molar-refractivity contribution is 0.749. The molecule has 6 nitrogen and oxygen atoms in total. The second kappa shape index (κ2) is 1.91. The fraction of sp³-hybridized carbons (Fsp3) is 0.200. The lowest BCUT2D eigenvalue weighted by Crippen LogP contribution is -2.09. The van der Waals surface area contributed by atoms with Crippen molar-refractivity contribution in [2.75, 3.05) is 5.73 Å². The molecule has 56 valence electrons. The summed E-state index contributed by atoms with van der Waals surface area (Å²) in [5.41, 5.74) is 11.6. The first kappa shape index (κ1) is 6.09. The molecule has 2 heterocycles. The molecule has 1 aliphatic rings. The van der Waals surface area contributed by atoms with Gasteiger partial charge in [-0.3, -0.25) is 0 Å². The van der Waals surface area contributed by atoms with Gasteiger partial charge < -0.3 is 16.5 Å². The highest BCUT2D eigenvalue weighted by atomic mass is 15.2. The molecule has 0 radical (unpaired) electrons. The van der Waals surface area contributed by atoms with Crippen molar-refractivity contribution in [3.05, 3.63) is 5.69 Å². The van der Waals surface area contributed by atoms with E-state index in [-0.39, 0.29) is 0 Å². The maximum absolute atomic E-state index is 5.54. The first-order chi connectivity index (χ1) is 5.27. The molecule has 0 aromatic carbocycles. The minimum Gasteiger partial charge on any atom is -0.369 e. The normalized spacial score (nSPS) is 20.3. The number of nitrogens with two attached hydrogens (primary N) is 2. The number of H-pyrrole nitrogens is 1. The van der Waals surface area contributed by atoms with Crippen molar-refractivity contribution in [3.63, 3.8) is 0 Å². The van der Waals surface area contributed by atoms with Crippen molar-refractivity contribution < 1.29 is 0 Å². The number of nitrogens with zero attached hydrogens (tertiary/aromatic N) is 3. The summed E-state index contributed by atoms with van der Waals surface area (Å²) in [6.07, 6.45) is -0.465. The van der Waals surface area contributed by atoms with E-state index in [2.05, 4.69) is 26.0 Å². The predicted octanol–water partition coefficient (Wildman–Crippen LogP) is -0.232. The smallest absolute Gasteiger partial charge is 0.199 e. The maximum Gasteiger partial charge on any atom is 0.199 e. The Hall–Kier alpha value is -1.65. The number of hydrogen-bond acceptors (Lipinski definition) is 5. The zero-order valence-electron chi connectivity index (χ0n) is 5.57. The van der Waals surface area contributed by atoms with Crippen LogP contribution in [0.2, 0.25) is 0 Å². The molecule has 6 heteroatoms. The van der Waals surface area contributed by atoms with Crippen molar-refractivity contribution in [1.29, 1.82) is 0 Å². The number of hydrogen-bond donors (Lipinski definition) is 3. The minimum atomic E-state index is -0.465. The van der Waals surface area contributed by atoms with Crippen molar-refractivity contribution in [2.45, 2.75) is 6.17 Å². The van der Waals surface area contributed by atoms with Crippen molar-refractivity contribution in [3.8, 4) is 0 Å². The molecular weight excluding hydrogens is 144 g/mol. The molecular formula is C5H6N6. The fourth-order valence-corrected chi connectivity index (χ4v) is 0.891. The van der Waals surface area contributed by atoms with E-state index in [1.807, 2.05) is 0 Å². The lowest BCUT2D eigenvalue weighted by atomic mass is 10.3. The monoisotopic (exact) mass is 150 g/mol. The van der Waals surface area contributed by atoms with E-state index < -0.39 is 6.17 Å². The number of anilines is 1. The highest BCUT2D eigenvalue weighted by molar-refractivity contribution is 5.57. The third-order valence-electron chi connectivity index (χ3n) is 1.38. The van der Waals surface area contributed by atoms with E-state index in [0.29, 0.717) is 17.5 Å². The Morgan fingerprint density at radius 3 is 3.09 bits per heavy atom. The maximum atomic E-state index is 5.54. The van der Waals surface area contributed by atoms with Gasteiger partial charge >= 0.3 is 0 Å². The van der Waals surface area contributed by atoms with Crippen LogP contribution in [0, 0.1) is 0 Å². The second-order valence-corrected chi connectivity index (χ2v) is 2.15. The molecule has 1 atom stereocenters. The molecule has 2 rings (SSSR count). The van der Waals surface area contributed by atoms with Gasteiger partial charge in [-0.05, 0) is 0 Å². The zero-order valence-corrected chi connectivity index (χ0v) is 5.57. The summed E-state index contributed by atoms with van der Waals surface area (Å²) in [6, 6.07) is 2.39. The summed E-state index contributed by atoms with van der Waals surface area (Å²) in [4.78, 5) is 14.1. The zero-order chi connectivity index (χ0) is 7.84. The second-order valence-electron chi connectivity index (χ2n) is 2.15. The van der Waals surface area contributed by atoms with Crippen LogP contribution in [0.25, 0.3) is 0 Å². The molecule has 1 aliphatic heterocycles. The first-order valence-electron chi connectivity index (χ1n) is 3.04. The van der Waals surface area contributed by atoms with E-state index in [0.717, 1.165) is 0 Å². The number of aromatic nitrogens is 2. The Balaban J connectivity index is 2.62. The average molecular weight is 150 g/mol. The molecule has 0 saturated carbocycles. The summed E-state index contributed by atoms with van der Waals surface area (Å²) in [7, 11) is 0. The van der Waals surface area contributed by atoms with Gasteiger partial charge in [0.1, 0.15) is 5.69 Å². The van der Waals surface area contributed by atoms with Crippen molar-refractivity contribution in [1.82, 2.24) is 9.97 Å². The molecule has 1 aromatic rings. The highest BCUT2D eigenvalue weighted by Gasteiger charge is 2.16. The van der Waals surface area contributed by atoms with Crippen LogP contribution >= 0.6 is 0 Å². The number of aromatic amines is 1. The topological polar surface area (TPSA) is 105 Å². The standard InChI is InChI=1S/C5H6N6/c6-3-2-4(9-1-8-3)11-5(7)10-2/h3H,6H2,(H3,7,10,11). The molecule has 1 aromatic heterocycles. The minimum absolute atomic E-state index is 0.299.